The first-order valence-corrected chi connectivity index (χ1v) is 26.4. The highest BCUT2D eigenvalue weighted by atomic mass is 19.4. The van der Waals surface area contributed by atoms with Crippen molar-refractivity contribution < 1.29 is 55.6 Å². The Morgan fingerprint density at radius 2 is 0.814 bits per heavy atom. The Balaban J connectivity index is 0.000000206. The fraction of sp³-hybridized carbons (Fsp3) is 0.621. The van der Waals surface area contributed by atoms with Gasteiger partial charge >= 0.3 is 24.3 Å². The van der Waals surface area contributed by atoms with Gasteiger partial charge < -0.3 is 19.7 Å². The minimum absolute atomic E-state index is 0.0539. The van der Waals surface area contributed by atoms with Crippen LogP contribution in [-0.2, 0) is 21.9 Å². The maximum absolute atomic E-state index is 14.3. The van der Waals surface area contributed by atoms with Gasteiger partial charge in [0.05, 0.1) is 24.0 Å². The molecule has 70 heavy (non-hydrogen) atoms. The van der Waals surface area contributed by atoms with Gasteiger partial charge in [-0.05, 0) is 196 Å². The van der Waals surface area contributed by atoms with Crippen LogP contribution in [-0.4, -0.2) is 34.4 Å². The van der Waals surface area contributed by atoms with E-state index in [1.165, 1.54) is 12.1 Å². The first-order valence-electron chi connectivity index (χ1n) is 26.4. The molecule has 4 fully saturated rings. The van der Waals surface area contributed by atoms with Gasteiger partial charge in [0.25, 0.3) is 0 Å². The Hall–Kier alpha value is -4.48. The van der Waals surface area contributed by atoms with Crippen molar-refractivity contribution in [1.29, 1.82) is 0 Å². The molecule has 2 atom stereocenters. The number of carboxylic acids is 2. The van der Waals surface area contributed by atoms with Crippen LogP contribution >= 0.6 is 0 Å². The number of halogens is 6. The minimum atomic E-state index is -4.51. The highest BCUT2D eigenvalue weighted by molar-refractivity contribution is 5.90. The van der Waals surface area contributed by atoms with Crippen LogP contribution in [0.25, 0.3) is 21.5 Å². The van der Waals surface area contributed by atoms with Crippen molar-refractivity contribution in [3.05, 3.63) is 82.9 Å². The monoisotopic (exact) mass is 981 g/mol. The summed E-state index contributed by atoms with van der Waals surface area (Å²) in [6, 6.07) is 17.3. The van der Waals surface area contributed by atoms with Gasteiger partial charge in [-0.2, -0.15) is 26.3 Å². The zero-order chi connectivity index (χ0) is 50.3. The van der Waals surface area contributed by atoms with E-state index in [2.05, 4.69) is 27.7 Å². The summed E-state index contributed by atoms with van der Waals surface area (Å²) in [5, 5.41) is 20.0. The van der Waals surface area contributed by atoms with E-state index in [1.807, 2.05) is 12.1 Å². The summed E-state index contributed by atoms with van der Waals surface area (Å²) in [5.41, 5.74) is 0.459. The van der Waals surface area contributed by atoms with Crippen LogP contribution < -0.4 is 9.47 Å². The lowest BCUT2D eigenvalue weighted by molar-refractivity contribution is -0.144. The SMILES string of the molecule is CCC1CCC(Oc2ccc3ccc([C@@H](C)CC4CCC(C(=O)O)CC4)cc3c2C(F)(F)F)CC1.CCC1CCC(Oc2ccc3ccc([C@H](C)CC4CCC(C(=O)O)CC4)cc3c2C(F)(F)F)CC1. The van der Waals surface area contributed by atoms with Crippen molar-refractivity contribution in [2.45, 2.75) is 193 Å². The van der Waals surface area contributed by atoms with E-state index in [0.717, 1.165) is 114 Å². The molecule has 4 aromatic carbocycles. The van der Waals surface area contributed by atoms with Crippen LogP contribution in [0.2, 0.25) is 0 Å². The lowest BCUT2D eigenvalue weighted by Gasteiger charge is -2.30. The van der Waals surface area contributed by atoms with Gasteiger partial charge in [-0.1, -0.05) is 89.1 Å². The molecule has 0 aromatic heterocycles. The van der Waals surface area contributed by atoms with E-state index < -0.39 is 35.4 Å². The summed E-state index contributed by atoms with van der Waals surface area (Å²) in [4.78, 5) is 22.4. The van der Waals surface area contributed by atoms with Crippen LogP contribution in [0.1, 0.15) is 190 Å². The molecule has 4 aliphatic carbocycles. The summed E-state index contributed by atoms with van der Waals surface area (Å²) < 4.78 is 98.0. The van der Waals surface area contributed by atoms with Crippen molar-refractivity contribution in [2.24, 2.45) is 35.5 Å². The Labute approximate surface area is 410 Å². The maximum atomic E-state index is 14.3. The molecule has 2 N–H and O–H groups in total. The number of hydrogen-bond acceptors (Lipinski definition) is 4. The second-order valence-corrected chi connectivity index (χ2v) is 21.6. The molecule has 0 bridgehead atoms. The van der Waals surface area contributed by atoms with Gasteiger partial charge in [0.1, 0.15) is 22.6 Å². The summed E-state index contributed by atoms with van der Waals surface area (Å²) in [6.45, 7) is 8.45. The van der Waals surface area contributed by atoms with E-state index in [9.17, 15) is 46.1 Å². The molecular formula is C58H74F6O6. The molecule has 12 heteroatoms. The van der Waals surface area contributed by atoms with Crippen molar-refractivity contribution in [3.8, 4) is 11.5 Å². The van der Waals surface area contributed by atoms with Crippen LogP contribution in [0.3, 0.4) is 0 Å². The zero-order valence-corrected chi connectivity index (χ0v) is 41.5. The van der Waals surface area contributed by atoms with Crippen molar-refractivity contribution in [1.82, 2.24) is 0 Å². The summed E-state index contributed by atoms with van der Waals surface area (Å²) in [6.07, 6.45) is 8.00. The molecule has 0 radical (unpaired) electrons. The molecule has 8 rings (SSSR count). The lowest BCUT2D eigenvalue weighted by atomic mass is 9.77. The minimum Gasteiger partial charge on any atom is -0.490 e. The molecule has 0 aliphatic heterocycles. The number of carboxylic acid groups (broad SMARTS) is 2. The first-order chi connectivity index (χ1) is 33.3. The molecule has 0 amide bonds. The molecule has 4 saturated carbocycles. The molecular weight excluding hydrogens is 907 g/mol. The average molecular weight is 981 g/mol. The van der Waals surface area contributed by atoms with E-state index in [1.54, 1.807) is 36.4 Å². The molecule has 0 unspecified atom stereocenters. The van der Waals surface area contributed by atoms with Crippen LogP contribution in [0.5, 0.6) is 11.5 Å². The van der Waals surface area contributed by atoms with Gasteiger partial charge in [0.2, 0.25) is 0 Å². The molecule has 0 saturated heterocycles. The number of aliphatic carboxylic acids is 2. The predicted molar refractivity (Wildman–Crippen MR) is 263 cm³/mol. The van der Waals surface area contributed by atoms with Crippen molar-refractivity contribution >= 4 is 33.5 Å². The Kier molecular flexibility index (Phi) is 17.8. The molecule has 6 nitrogen and oxygen atoms in total. The molecule has 0 spiro atoms. The second kappa shape index (κ2) is 23.4. The summed E-state index contributed by atoms with van der Waals surface area (Å²) in [5.74, 6) is 0.249. The number of rotatable bonds is 14. The number of alkyl halides is 6. The van der Waals surface area contributed by atoms with E-state index in [-0.39, 0.29) is 58.2 Å². The van der Waals surface area contributed by atoms with E-state index in [4.69, 9.17) is 9.47 Å². The van der Waals surface area contributed by atoms with Gasteiger partial charge in [-0.25, -0.2) is 0 Å². The third-order valence-corrected chi connectivity index (χ3v) is 16.8. The van der Waals surface area contributed by atoms with Gasteiger partial charge in [0.15, 0.2) is 0 Å². The fourth-order valence-corrected chi connectivity index (χ4v) is 12.3. The Morgan fingerprint density at radius 1 is 0.500 bits per heavy atom. The van der Waals surface area contributed by atoms with Gasteiger partial charge in [-0.15, -0.1) is 0 Å². The van der Waals surface area contributed by atoms with E-state index >= 15 is 0 Å². The predicted octanol–water partition coefficient (Wildman–Crippen LogP) is 17.2. The molecule has 384 valence electrons. The Morgan fingerprint density at radius 3 is 1.11 bits per heavy atom. The molecule has 4 aromatic rings. The normalized spacial score (nSPS) is 26.4. The number of fused-ring (bicyclic) bond motifs is 2. The summed E-state index contributed by atoms with van der Waals surface area (Å²) in [7, 11) is 0. The van der Waals surface area contributed by atoms with Crippen molar-refractivity contribution in [3.63, 3.8) is 0 Å². The van der Waals surface area contributed by atoms with E-state index in [0.29, 0.717) is 60.1 Å². The van der Waals surface area contributed by atoms with Gasteiger partial charge in [0, 0.05) is 0 Å². The number of benzene rings is 4. The smallest absolute Gasteiger partial charge is 0.420 e. The highest BCUT2D eigenvalue weighted by Gasteiger charge is 2.39. The number of carbonyl (C=O) groups is 2. The first kappa shape index (κ1) is 53.3. The van der Waals surface area contributed by atoms with Crippen LogP contribution in [0, 0.1) is 35.5 Å². The second-order valence-electron chi connectivity index (χ2n) is 21.6. The zero-order valence-electron chi connectivity index (χ0n) is 41.5. The Bertz CT molecular complexity index is 2200. The average Bonchev–Trinajstić information content (AvgIpc) is 3.33. The lowest BCUT2D eigenvalue weighted by Crippen LogP contribution is -2.25. The molecule has 4 aliphatic rings. The molecule has 0 heterocycles. The quantitative estimate of drug-likeness (QED) is 0.122. The highest BCUT2D eigenvalue weighted by Crippen LogP contribution is 2.46. The van der Waals surface area contributed by atoms with Crippen LogP contribution in [0.15, 0.2) is 60.7 Å². The van der Waals surface area contributed by atoms with Crippen molar-refractivity contribution in [2.75, 3.05) is 0 Å². The number of ether oxygens (including phenoxy) is 2. The number of hydrogen-bond donors (Lipinski definition) is 2. The third kappa shape index (κ3) is 13.5. The standard InChI is InChI=1S/2C29H37F3O3/c2*1-3-19-6-13-24(14-7-19)35-26-15-12-21-10-11-23(17-25(21)27(26)29(30,31)32)18(2)16-20-4-8-22(9-5-20)28(33)34/h2*10-12,15,17-20,22,24H,3-9,13-14,16H2,1-2H3,(H,33,34)/t2*18-,19?,20?,22?,24?/m10/s1. The van der Waals surface area contributed by atoms with Gasteiger partial charge in [-0.3, -0.25) is 9.59 Å². The third-order valence-electron chi connectivity index (χ3n) is 16.8. The topological polar surface area (TPSA) is 93.1 Å². The largest absolute Gasteiger partial charge is 0.490 e. The summed E-state index contributed by atoms with van der Waals surface area (Å²) >= 11 is 0. The fourth-order valence-electron chi connectivity index (χ4n) is 12.3. The van der Waals surface area contributed by atoms with Crippen LogP contribution in [0.4, 0.5) is 26.3 Å². The maximum Gasteiger partial charge on any atom is 0.420 e.